The molecule has 0 aromatic heterocycles. The zero-order chi connectivity index (χ0) is 22.1. The number of carbonyl (C=O) groups is 1. The Morgan fingerprint density at radius 2 is 1.58 bits per heavy atom. The number of benzene rings is 2. The van der Waals surface area contributed by atoms with Crippen LogP contribution in [0.2, 0.25) is 0 Å². The average Bonchev–Trinajstić information content (AvgIpc) is 2.78. The molecule has 1 saturated carbocycles. The van der Waals surface area contributed by atoms with Crippen LogP contribution in [-0.4, -0.2) is 5.97 Å². The van der Waals surface area contributed by atoms with E-state index in [1.807, 2.05) is 0 Å². The molecule has 0 N–H and O–H groups in total. The average molecular weight is 429 g/mol. The van der Waals surface area contributed by atoms with Crippen molar-refractivity contribution in [3.8, 4) is 5.75 Å². The number of unbranched alkanes of at least 4 members (excludes halogenated alkanes) is 3. The van der Waals surface area contributed by atoms with Crippen molar-refractivity contribution < 1.29 is 18.3 Å². The topological polar surface area (TPSA) is 26.3 Å². The Morgan fingerprint density at radius 1 is 0.903 bits per heavy atom. The molecular weight excluding hydrogens is 394 g/mol. The van der Waals surface area contributed by atoms with E-state index in [1.165, 1.54) is 50.3 Å². The van der Waals surface area contributed by atoms with Gasteiger partial charge in [-0.05, 0) is 79.8 Å². The van der Waals surface area contributed by atoms with Gasteiger partial charge in [0, 0.05) is 0 Å². The summed E-state index contributed by atoms with van der Waals surface area (Å²) in [5.74, 6) is -0.460. The van der Waals surface area contributed by atoms with Gasteiger partial charge in [0.25, 0.3) is 0 Å². The van der Waals surface area contributed by atoms with E-state index in [0.29, 0.717) is 12.8 Å². The summed E-state index contributed by atoms with van der Waals surface area (Å²) in [4.78, 5) is 12.5. The molecule has 2 aromatic rings. The smallest absolute Gasteiger partial charge is 0.314 e. The van der Waals surface area contributed by atoms with Crippen LogP contribution in [0.15, 0.2) is 42.5 Å². The normalized spacial score (nSPS) is 18.7. The summed E-state index contributed by atoms with van der Waals surface area (Å²) < 4.78 is 32.9. The summed E-state index contributed by atoms with van der Waals surface area (Å²) in [6, 6.07) is 11.1. The summed E-state index contributed by atoms with van der Waals surface area (Å²) in [5.41, 5.74) is 1.82. The quantitative estimate of drug-likeness (QED) is 0.223. The Bertz CT molecular complexity index is 824. The van der Waals surface area contributed by atoms with Crippen LogP contribution < -0.4 is 4.74 Å². The number of esters is 1. The molecule has 0 spiro atoms. The molecule has 0 aliphatic heterocycles. The van der Waals surface area contributed by atoms with Crippen LogP contribution in [-0.2, 0) is 17.6 Å². The van der Waals surface area contributed by atoms with Gasteiger partial charge in [0.1, 0.15) is 5.82 Å². The molecule has 3 rings (SSSR count). The van der Waals surface area contributed by atoms with Crippen LogP contribution in [0.3, 0.4) is 0 Å². The Labute approximate surface area is 185 Å². The number of rotatable bonds is 10. The minimum atomic E-state index is -0.505. The fourth-order valence-electron chi connectivity index (χ4n) is 4.46. The second-order valence-corrected chi connectivity index (χ2v) is 8.88. The van der Waals surface area contributed by atoms with Crippen molar-refractivity contribution in [2.45, 2.75) is 77.6 Å². The molecule has 2 aromatic carbocycles. The van der Waals surface area contributed by atoms with Crippen LogP contribution in [0.5, 0.6) is 5.75 Å². The molecule has 1 fully saturated rings. The van der Waals surface area contributed by atoms with Crippen molar-refractivity contribution in [3.63, 3.8) is 0 Å². The molecule has 0 heterocycles. The van der Waals surface area contributed by atoms with Gasteiger partial charge >= 0.3 is 5.97 Å². The van der Waals surface area contributed by atoms with Crippen LogP contribution >= 0.6 is 0 Å². The lowest BCUT2D eigenvalue weighted by Crippen LogP contribution is -2.26. The first kappa shape index (κ1) is 23.4. The Morgan fingerprint density at radius 3 is 2.26 bits per heavy atom. The minimum Gasteiger partial charge on any atom is -0.423 e. The van der Waals surface area contributed by atoms with Crippen molar-refractivity contribution in [3.05, 3.63) is 65.2 Å². The number of ether oxygens (including phenoxy) is 1. The van der Waals surface area contributed by atoms with E-state index >= 15 is 0 Å². The van der Waals surface area contributed by atoms with E-state index in [9.17, 15) is 13.6 Å². The monoisotopic (exact) mass is 428 g/mol. The van der Waals surface area contributed by atoms with Crippen molar-refractivity contribution >= 4 is 5.97 Å². The maximum Gasteiger partial charge on any atom is 0.314 e. The third-order valence-electron chi connectivity index (χ3n) is 6.47. The maximum absolute atomic E-state index is 14.5. The molecule has 4 heteroatoms. The highest BCUT2D eigenvalue weighted by molar-refractivity contribution is 5.75. The standard InChI is InChI=1S/C27H34F2O2/c1-2-3-4-5-6-20-9-14-23(15-10-20)27(30)31-26-18-13-22(19-25(26)29)8-7-21-11-16-24(28)17-12-21/h11-13,16-20,23H,2-10,14-15H2,1H3/t20-,23-. The van der Waals surface area contributed by atoms with Gasteiger partial charge in [0.2, 0.25) is 0 Å². The SMILES string of the molecule is CCCCCC[C@H]1CC[C@H](C(=O)Oc2ccc(CCc3ccc(F)cc3)cc2F)CC1. The lowest BCUT2D eigenvalue weighted by Gasteiger charge is -2.27. The number of halogens is 2. The summed E-state index contributed by atoms with van der Waals surface area (Å²) in [6.45, 7) is 2.22. The number of hydrogen-bond donors (Lipinski definition) is 0. The van der Waals surface area contributed by atoms with Crippen LogP contribution in [0, 0.1) is 23.5 Å². The lowest BCUT2D eigenvalue weighted by molar-refractivity contribution is -0.140. The first-order valence-electron chi connectivity index (χ1n) is 11.8. The molecule has 0 saturated heterocycles. The zero-order valence-electron chi connectivity index (χ0n) is 18.5. The van der Waals surface area contributed by atoms with Crippen LogP contribution in [0.4, 0.5) is 8.78 Å². The van der Waals surface area contributed by atoms with Gasteiger partial charge in [-0.3, -0.25) is 4.79 Å². The largest absolute Gasteiger partial charge is 0.423 e. The van der Waals surface area contributed by atoms with E-state index < -0.39 is 5.82 Å². The number of aryl methyl sites for hydroxylation is 2. The molecule has 0 atom stereocenters. The molecular formula is C27H34F2O2. The highest BCUT2D eigenvalue weighted by Crippen LogP contribution is 2.33. The number of carbonyl (C=O) groups excluding carboxylic acids is 1. The van der Waals surface area contributed by atoms with Crippen molar-refractivity contribution in [2.75, 3.05) is 0 Å². The van der Waals surface area contributed by atoms with E-state index in [0.717, 1.165) is 42.7 Å². The molecule has 168 valence electrons. The third kappa shape index (κ3) is 7.45. The Kier molecular flexibility index (Phi) is 9.05. The van der Waals surface area contributed by atoms with E-state index in [4.69, 9.17) is 4.74 Å². The Balaban J connectivity index is 1.44. The first-order valence-corrected chi connectivity index (χ1v) is 11.8. The third-order valence-corrected chi connectivity index (χ3v) is 6.47. The predicted octanol–water partition coefficient (Wildman–Crippen LogP) is 7.43. The van der Waals surface area contributed by atoms with Gasteiger partial charge in [-0.2, -0.15) is 0 Å². The van der Waals surface area contributed by atoms with Crippen molar-refractivity contribution in [2.24, 2.45) is 11.8 Å². The summed E-state index contributed by atoms with van der Waals surface area (Å²) in [5, 5.41) is 0. The van der Waals surface area contributed by atoms with Gasteiger partial charge in [-0.25, -0.2) is 8.78 Å². The Hall–Kier alpha value is -2.23. The fourth-order valence-corrected chi connectivity index (χ4v) is 4.46. The van der Waals surface area contributed by atoms with Crippen LogP contribution in [0.1, 0.15) is 75.8 Å². The second kappa shape index (κ2) is 12.0. The van der Waals surface area contributed by atoms with Crippen molar-refractivity contribution in [1.82, 2.24) is 0 Å². The number of hydrogen-bond acceptors (Lipinski definition) is 2. The van der Waals surface area contributed by atoms with E-state index in [1.54, 1.807) is 24.3 Å². The lowest BCUT2D eigenvalue weighted by atomic mass is 9.80. The molecule has 1 aliphatic carbocycles. The fraction of sp³-hybridized carbons (Fsp3) is 0.519. The van der Waals surface area contributed by atoms with Gasteiger partial charge in [0.05, 0.1) is 5.92 Å². The van der Waals surface area contributed by atoms with Gasteiger partial charge in [0.15, 0.2) is 11.6 Å². The summed E-state index contributed by atoms with van der Waals surface area (Å²) in [7, 11) is 0. The molecule has 0 bridgehead atoms. The second-order valence-electron chi connectivity index (χ2n) is 8.88. The summed E-state index contributed by atoms with van der Waals surface area (Å²) >= 11 is 0. The van der Waals surface area contributed by atoms with Gasteiger partial charge < -0.3 is 4.74 Å². The van der Waals surface area contributed by atoms with Gasteiger partial charge in [-0.15, -0.1) is 0 Å². The molecule has 0 radical (unpaired) electrons. The van der Waals surface area contributed by atoms with E-state index in [2.05, 4.69) is 6.92 Å². The van der Waals surface area contributed by atoms with Crippen LogP contribution in [0.25, 0.3) is 0 Å². The minimum absolute atomic E-state index is 0.0113. The highest BCUT2D eigenvalue weighted by Gasteiger charge is 2.28. The summed E-state index contributed by atoms with van der Waals surface area (Å²) in [6.07, 6.45) is 11.6. The molecule has 0 unspecified atom stereocenters. The van der Waals surface area contributed by atoms with E-state index in [-0.39, 0.29) is 23.5 Å². The molecule has 31 heavy (non-hydrogen) atoms. The zero-order valence-corrected chi connectivity index (χ0v) is 18.5. The predicted molar refractivity (Wildman–Crippen MR) is 120 cm³/mol. The highest BCUT2D eigenvalue weighted by atomic mass is 19.1. The van der Waals surface area contributed by atoms with Gasteiger partial charge in [-0.1, -0.05) is 57.2 Å². The molecule has 2 nitrogen and oxygen atoms in total. The molecule has 1 aliphatic rings. The van der Waals surface area contributed by atoms with Crippen molar-refractivity contribution in [1.29, 1.82) is 0 Å². The molecule has 0 amide bonds. The first-order chi connectivity index (χ1) is 15.0. The maximum atomic E-state index is 14.5.